The van der Waals surface area contributed by atoms with E-state index < -0.39 is 178 Å². The Balaban J connectivity index is 1.51. The lowest BCUT2D eigenvalue weighted by molar-refractivity contribution is -0.160. The molecule has 12 amide bonds. The minimum atomic E-state index is -4.81. The van der Waals surface area contributed by atoms with E-state index in [1.54, 1.807) is 32.9 Å². The molecule has 0 bridgehead atoms. The molecule has 0 aromatic heterocycles. The smallest absolute Gasteiger partial charge is 0.347 e. The maximum Gasteiger partial charge on any atom is 0.417 e. The van der Waals surface area contributed by atoms with Gasteiger partial charge in [0.15, 0.2) is 0 Å². The van der Waals surface area contributed by atoms with Crippen molar-refractivity contribution in [1.29, 1.82) is 0 Å². The van der Waals surface area contributed by atoms with E-state index in [0.29, 0.717) is 36.8 Å². The SMILES string of the molecule is CC[C@H](C)[C@@H]1NC(=O)[C@H](CC(C)C)N(C)C(=O)C[C@@H](C(=O)N(C)C)N(C)C(=O)[C@H]([C@@H](C)CC)N(C)C(=O)C2(CCCC2)NC(=O)[C@H](Cc2ccc(F)cc2)N(C)C(=O)[C@H](CCc2ccc(C(F)(F)F)c(Cl)c2)NC(=O)CN(C)C(=O)[C@H](Cc2ccc(C)cc2)N(C)C(=O)C2CCN2C(=O)[C@H](C)N(C)C1=O. The molecule has 3 aliphatic rings. The first kappa shape index (κ1) is 85.2. The van der Waals surface area contributed by atoms with E-state index in [1.165, 1.54) is 112 Å². The van der Waals surface area contributed by atoms with E-state index in [4.69, 9.17) is 11.6 Å². The van der Waals surface area contributed by atoms with Crippen LogP contribution < -0.4 is 16.0 Å². The molecule has 2 heterocycles. The van der Waals surface area contributed by atoms with Crippen LogP contribution in [0.15, 0.2) is 66.7 Å². The fourth-order valence-corrected chi connectivity index (χ4v) is 14.2. The normalized spacial score (nSPS) is 24.8. The topological polar surface area (TPSA) is 270 Å². The first-order chi connectivity index (χ1) is 49.1. The number of nitrogens with one attached hydrogen (secondary N) is 3. The summed E-state index contributed by atoms with van der Waals surface area (Å²) in [5, 5.41) is 7.93. The summed E-state index contributed by atoms with van der Waals surface area (Å²) in [5.74, 6) is -11.0. The van der Waals surface area contributed by atoms with Crippen LogP contribution in [0.25, 0.3) is 0 Å². The second-order valence-electron chi connectivity index (χ2n) is 29.5. The Morgan fingerprint density at radius 1 is 0.648 bits per heavy atom. The Morgan fingerprint density at radius 2 is 1.21 bits per heavy atom. The number of alkyl halides is 3. The number of hydrogen-bond donors (Lipinski definition) is 3. The molecule has 24 nitrogen and oxygen atoms in total. The molecule has 3 aromatic carbocycles. The lowest BCUT2D eigenvalue weighted by Crippen LogP contribution is -2.65. The van der Waals surface area contributed by atoms with Gasteiger partial charge in [-0.3, -0.25) is 57.5 Å². The number of benzene rings is 3. The Bertz CT molecular complexity index is 3650. The fourth-order valence-electron chi connectivity index (χ4n) is 13.9. The number of fused-ring (bicyclic) bond motifs is 1. The van der Waals surface area contributed by atoms with Crippen molar-refractivity contribution in [3.05, 3.63) is 105 Å². The standard InChI is InChI=1S/C76H107ClF4N12O12/c1-18-46(6)63-72(103)87(12)48(8)67(98)93-37-34-56(93)71(102)90(15)59(41-50-24-22-45(5)23-25-50)70(101)86(11)43-61(94)82-55(33-29-49-28-32-53(54(77)39-49)76(79,80)81)68(99)89(14)58(40-51-26-30-52(78)31-27-51)66(97)84-75(35-20-21-36-75)74(105)92(17)64(47(7)19-2)73(104)91(16)60(69(100)85(9)10)42-62(95)88(13)57(38-44(3)4)65(96)83-63/h22-28,30-32,39,44,46-48,55-60,63-64H,18-21,29,33-38,40-43H2,1-17H3,(H,82,94)(H,83,96)(H,84,97)/t46-,47-,48-,55-,56?,57-,58-,59-,60-,63-,64-/m0/s1. The van der Waals surface area contributed by atoms with Crippen molar-refractivity contribution in [2.75, 3.05) is 76.5 Å². The van der Waals surface area contributed by atoms with Gasteiger partial charge >= 0.3 is 6.18 Å². The van der Waals surface area contributed by atoms with Crippen LogP contribution in [0.1, 0.15) is 140 Å². The lowest BCUT2D eigenvalue weighted by atomic mass is 9.90. The van der Waals surface area contributed by atoms with Gasteiger partial charge in [0.1, 0.15) is 65.7 Å². The number of carbonyl (C=O) groups is 12. The summed E-state index contributed by atoms with van der Waals surface area (Å²) in [7, 11) is 12.4. The zero-order chi connectivity index (χ0) is 78.6. The van der Waals surface area contributed by atoms with Gasteiger partial charge in [0.25, 0.3) is 0 Å². The van der Waals surface area contributed by atoms with Crippen molar-refractivity contribution in [2.45, 2.75) is 205 Å². The van der Waals surface area contributed by atoms with Crippen LogP contribution in [0.2, 0.25) is 5.02 Å². The average Bonchev–Trinajstić information content (AvgIpc) is 1.71. The molecule has 1 spiro atoms. The van der Waals surface area contributed by atoms with Gasteiger partial charge in [0.05, 0.1) is 23.6 Å². The zero-order valence-electron chi connectivity index (χ0n) is 63.7. The van der Waals surface area contributed by atoms with Gasteiger partial charge in [-0.15, -0.1) is 0 Å². The Labute approximate surface area is 619 Å². The van der Waals surface area contributed by atoms with Crippen molar-refractivity contribution in [3.8, 4) is 0 Å². The molecule has 11 atom stereocenters. The van der Waals surface area contributed by atoms with Crippen molar-refractivity contribution in [1.82, 2.24) is 60.0 Å². The van der Waals surface area contributed by atoms with Crippen LogP contribution in [0.4, 0.5) is 17.6 Å². The average molecular weight is 1490 g/mol. The largest absolute Gasteiger partial charge is 0.417 e. The molecule has 3 fully saturated rings. The van der Waals surface area contributed by atoms with Gasteiger partial charge in [-0.2, -0.15) is 13.2 Å². The molecular formula is C76H107ClF4N12O12. The molecule has 3 N–H and O–H groups in total. The number of aryl methyl sites for hydroxylation is 2. The highest BCUT2D eigenvalue weighted by molar-refractivity contribution is 6.31. The highest BCUT2D eigenvalue weighted by Crippen LogP contribution is 2.37. The van der Waals surface area contributed by atoms with Gasteiger partial charge in [0, 0.05) is 82.8 Å². The first-order valence-electron chi connectivity index (χ1n) is 36.0. The predicted molar refractivity (Wildman–Crippen MR) is 387 cm³/mol. The van der Waals surface area contributed by atoms with Gasteiger partial charge in [-0.1, -0.05) is 127 Å². The number of nitrogens with zero attached hydrogens (tertiary/aromatic N) is 9. The van der Waals surface area contributed by atoms with E-state index in [0.717, 1.165) is 50.6 Å². The molecule has 0 radical (unpaired) electrons. The van der Waals surface area contributed by atoms with Crippen LogP contribution in [-0.4, -0.2) is 251 Å². The Morgan fingerprint density at radius 3 is 1.74 bits per heavy atom. The van der Waals surface area contributed by atoms with E-state index in [9.17, 15) is 51.1 Å². The zero-order valence-corrected chi connectivity index (χ0v) is 64.5. The summed E-state index contributed by atoms with van der Waals surface area (Å²) in [6.45, 7) is 13.4. The molecule has 578 valence electrons. The molecule has 6 rings (SSSR count). The quantitative estimate of drug-likeness (QED) is 0.150. The van der Waals surface area contributed by atoms with Gasteiger partial charge in [0.2, 0.25) is 70.9 Å². The van der Waals surface area contributed by atoms with Crippen LogP contribution in [-0.2, 0) is 83.0 Å². The van der Waals surface area contributed by atoms with Crippen molar-refractivity contribution < 1.29 is 75.1 Å². The third-order valence-electron chi connectivity index (χ3n) is 21.4. The molecule has 2 aliphatic heterocycles. The molecule has 1 unspecified atom stereocenters. The first-order valence-corrected chi connectivity index (χ1v) is 36.4. The van der Waals surface area contributed by atoms with Gasteiger partial charge in [-0.05, 0) is 111 Å². The molecule has 29 heteroatoms. The number of carbonyl (C=O) groups excluding carboxylic acids is 12. The highest BCUT2D eigenvalue weighted by atomic mass is 35.5. The van der Waals surface area contributed by atoms with Crippen molar-refractivity contribution in [3.63, 3.8) is 0 Å². The Hall–Kier alpha value is -8.69. The minimum absolute atomic E-state index is 0.0466. The molecule has 105 heavy (non-hydrogen) atoms. The summed E-state index contributed by atoms with van der Waals surface area (Å²) in [4.78, 5) is 191. The number of likely N-dealkylation sites (N-methyl/N-ethyl adjacent to an activating group) is 8. The maximum absolute atomic E-state index is 15.7. The maximum atomic E-state index is 15.7. The molecular weight excluding hydrogens is 1380 g/mol. The minimum Gasteiger partial charge on any atom is -0.347 e. The highest BCUT2D eigenvalue weighted by Gasteiger charge is 2.51. The van der Waals surface area contributed by atoms with Crippen LogP contribution in [0.3, 0.4) is 0 Å². The second-order valence-corrected chi connectivity index (χ2v) is 29.9. The van der Waals surface area contributed by atoms with Crippen molar-refractivity contribution in [2.24, 2.45) is 17.8 Å². The van der Waals surface area contributed by atoms with Crippen LogP contribution in [0, 0.1) is 30.5 Å². The van der Waals surface area contributed by atoms with E-state index >= 15 is 24.0 Å². The fraction of sp³-hybridized carbons (Fsp3) is 0.605. The third-order valence-corrected chi connectivity index (χ3v) is 21.7. The number of rotatable bonds is 14. The van der Waals surface area contributed by atoms with E-state index in [-0.39, 0.29) is 69.4 Å². The summed E-state index contributed by atoms with van der Waals surface area (Å²) < 4.78 is 56.5. The van der Waals surface area contributed by atoms with E-state index in [2.05, 4.69) is 16.0 Å². The number of amides is 12. The Kier molecular flexibility index (Phi) is 29.7. The summed E-state index contributed by atoms with van der Waals surface area (Å²) in [6, 6.07) is 3.05. The van der Waals surface area contributed by atoms with Gasteiger partial charge in [-0.25, -0.2) is 4.39 Å². The molecule has 1 saturated carbocycles. The van der Waals surface area contributed by atoms with Crippen LogP contribution in [0.5, 0.6) is 0 Å². The summed E-state index contributed by atoms with van der Waals surface area (Å²) in [6.07, 6.45) is -4.55. The molecule has 2 saturated heterocycles. The van der Waals surface area contributed by atoms with E-state index in [1.807, 2.05) is 39.8 Å². The molecule has 3 aromatic rings. The lowest BCUT2D eigenvalue weighted by Gasteiger charge is -2.45. The number of halogens is 5. The summed E-state index contributed by atoms with van der Waals surface area (Å²) in [5.41, 5.74) is -0.789. The predicted octanol–water partition coefficient (Wildman–Crippen LogP) is 6.29. The van der Waals surface area contributed by atoms with Crippen molar-refractivity contribution >= 4 is 82.5 Å². The third kappa shape index (κ3) is 20.7. The molecule has 1 aliphatic carbocycles. The second kappa shape index (κ2) is 36.5. The van der Waals surface area contributed by atoms with Crippen LogP contribution >= 0.6 is 11.6 Å². The summed E-state index contributed by atoms with van der Waals surface area (Å²) >= 11 is 6.18. The number of hydrogen-bond acceptors (Lipinski definition) is 12. The monoisotopic (exact) mass is 1490 g/mol. The van der Waals surface area contributed by atoms with Gasteiger partial charge < -0.3 is 60.0 Å².